The molecular formula is C24H31N4O3Si. The normalized spacial score (nSPS) is 13.6. The van der Waals surface area contributed by atoms with Gasteiger partial charge < -0.3 is 21.1 Å². The molecule has 2 amide bonds. The molecule has 8 heteroatoms. The Morgan fingerprint density at radius 3 is 2.22 bits per heavy atom. The summed E-state index contributed by atoms with van der Waals surface area (Å²) in [5.41, 5.74) is 7.30. The van der Waals surface area contributed by atoms with Crippen molar-refractivity contribution in [2.45, 2.75) is 39.0 Å². The van der Waals surface area contributed by atoms with Gasteiger partial charge in [-0.05, 0) is 56.0 Å². The van der Waals surface area contributed by atoms with E-state index in [1.807, 2.05) is 24.3 Å². The molecule has 0 fully saturated rings. The van der Waals surface area contributed by atoms with Crippen LogP contribution < -0.4 is 26.3 Å². The summed E-state index contributed by atoms with van der Waals surface area (Å²) in [5.74, 6) is -0.0522. The van der Waals surface area contributed by atoms with Gasteiger partial charge in [0.1, 0.15) is 17.8 Å². The van der Waals surface area contributed by atoms with Crippen LogP contribution in [-0.2, 0) is 9.59 Å². The Morgan fingerprint density at radius 1 is 1.06 bits per heavy atom. The van der Waals surface area contributed by atoms with Crippen molar-refractivity contribution in [3.8, 4) is 5.75 Å². The van der Waals surface area contributed by atoms with Crippen LogP contribution in [0.4, 0.5) is 5.69 Å². The van der Waals surface area contributed by atoms with Gasteiger partial charge in [-0.3, -0.25) is 14.6 Å². The first-order valence-electron chi connectivity index (χ1n) is 10.3. The second kappa shape index (κ2) is 11.9. The highest BCUT2D eigenvalue weighted by Gasteiger charge is 2.25. The Hall–Kier alpha value is -3.39. The SMILES string of the molecule is COc1ccc(C(NC(=O)C(C)N=C(C)C=CN)C(=O)Nc2ccc([Si](C)C)cc2)cc1. The molecule has 1 radical (unpaired) electrons. The summed E-state index contributed by atoms with van der Waals surface area (Å²) in [6.07, 6.45) is 2.98. The quantitative estimate of drug-likeness (QED) is 0.403. The molecule has 0 aliphatic rings. The number of anilines is 1. The Kier molecular flexibility index (Phi) is 9.21. The molecule has 2 rings (SSSR count). The van der Waals surface area contributed by atoms with Crippen molar-refractivity contribution in [2.24, 2.45) is 10.7 Å². The summed E-state index contributed by atoms with van der Waals surface area (Å²) in [4.78, 5) is 30.2. The zero-order chi connectivity index (χ0) is 23.7. The molecule has 0 heterocycles. The predicted octanol–water partition coefficient (Wildman–Crippen LogP) is 2.77. The lowest BCUT2D eigenvalue weighted by Crippen LogP contribution is -2.41. The zero-order valence-electron chi connectivity index (χ0n) is 19.2. The molecule has 2 aromatic rings. The van der Waals surface area contributed by atoms with E-state index < -0.39 is 20.9 Å². The van der Waals surface area contributed by atoms with Crippen molar-refractivity contribution in [3.63, 3.8) is 0 Å². The van der Waals surface area contributed by atoms with Crippen molar-refractivity contribution < 1.29 is 14.3 Å². The second-order valence-corrected chi connectivity index (χ2v) is 10.2. The monoisotopic (exact) mass is 451 g/mol. The number of benzene rings is 2. The van der Waals surface area contributed by atoms with Gasteiger partial charge in [-0.15, -0.1) is 0 Å². The third-order valence-corrected chi connectivity index (χ3v) is 6.33. The first kappa shape index (κ1) is 24.9. The Labute approximate surface area is 191 Å². The molecule has 2 aromatic carbocycles. The van der Waals surface area contributed by atoms with Crippen LogP contribution in [0.5, 0.6) is 5.75 Å². The number of hydrogen-bond donors (Lipinski definition) is 3. The van der Waals surface area contributed by atoms with Crippen LogP contribution in [-0.4, -0.2) is 39.5 Å². The van der Waals surface area contributed by atoms with Crippen LogP contribution >= 0.6 is 0 Å². The summed E-state index contributed by atoms with van der Waals surface area (Å²) >= 11 is 0. The van der Waals surface area contributed by atoms with E-state index in [2.05, 4.69) is 28.7 Å². The van der Waals surface area contributed by atoms with Crippen molar-refractivity contribution >= 4 is 37.2 Å². The van der Waals surface area contributed by atoms with E-state index in [-0.39, 0.29) is 11.8 Å². The molecule has 0 aliphatic carbocycles. The zero-order valence-corrected chi connectivity index (χ0v) is 20.2. The van der Waals surface area contributed by atoms with Crippen molar-refractivity contribution in [1.82, 2.24) is 5.32 Å². The second-order valence-electron chi connectivity index (χ2n) is 7.59. The number of carbonyl (C=O) groups is 2. The highest BCUT2D eigenvalue weighted by atomic mass is 28.3. The van der Waals surface area contributed by atoms with E-state index in [9.17, 15) is 9.59 Å². The lowest BCUT2D eigenvalue weighted by atomic mass is 10.0. The van der Waals surface area contributed by atoms with E-state index in [0.717, 1.165) is 0 Å². The summed E-state index contributed by atoms with van der Waals surface area (Å²) in [5, 5.41) is 7.00. The van der Waals surface area contributed by atoms with Crippen molar-refractivity contribution in [2.75, 3.05) is 12.4 Å². The highest BCUT2D eigenvalue weighted by molar-refractivity contribution is 6.70. The number of allylic oxidation sites excluding steroid dienone is 1. The fraction of sp³-hybridized carbons (Fsp3) is 0.292. The van der Waals surface area contributed by atoms with Crippen LogP contribution in [0.2, 0.25) is 13.1 Å². The molecule has 0 aliphatic heterocycles. The van der Waals surface area contributed by atoms with E-state index >= 15 is 0 Å². The Morgan fingerprint density at radius 2 is 1.69 bits per heavy atom. The van der Waals surface area contributed by atoms with Crippen LogP contribution in [0.1, 0.15) is 25.5 Å². The first-order chi connectivity index (χ1) is 15.2. The maximum absolute atomic E-state index is 13.2. The van der Waals surface area contributed by atoms with E-state index in [1.165, 1.54) is 11.4 Å². The number of nitrogens with one attached hydrogen (secondary N) is 2. The van der Waals surface area contributed by atoms with E-state index in [1.54, 1.807) is 51.3 Å². The van der Waals surface area contributed by atoms with Gasteiger partial charge in [-0.25, -0.2) is 0 Å². The van der Waals surface area contributed by atoms with Gasteiger partial charge in [-0.1, -0.05) is 42.5 Å². The molecule has 0 saturated heterocycles. The van der Waals surface area contributed by atoms with Crippen LogP contribution in [0, 0.1) is 0 Å². The van der Waals surface area contributed by atoms with Crippen LogP contribution in [0.3, 0.4) is 0 Å². The Balaban J connectivity index is 2.25. The molecule has 2 atom stereocenters. The first-order valence-corrected chi connectivity index (χ1v) is 12.8. The largest absolute Gasteiger partial charge is 0.497 e. The average Bonchev–Trinajstić information content (AvgIpc) is 2.77. The number of nitrogens with zero attached hydrogens (tertiary/aromatic N) is 1. The smallest absolute Gasteiger partial charge is 0.251 e. The van der Waals surface area contributed by atoms with Crippen LogP contribution in [0.25, 0.3) is 0 Å². The summed E-state index contributed by atoms with van der Waals surface area (Å²) in [6.45, 7) is 7.84. The fourth-order valence-corrected chi connectivity index (χ4v) is 3.84. The number of methoxy groups -OCH3 is 1. The van der Waals surface area contributed by atoms with E-state index in [4.69, 9.17) is 10.5 Å². The van der Waals surface area contributed by atoms with Crippen molar-refractivity contribution in [3.05, 3.63) is 66.4 Å². The van der Waals surface area contributed by atoms with Crippen molar-refractivity contribution in [1.29, 1.82) is 0 Å². The third-order valence-electron chi connectivity index (χ3n) is 4.84. The number of nitrogens with two attached hydrogens (primary N) is 1. The number of carbonyl (C=O) groups excluding carboxylic acids is 2. The van der Waals surface area contributed by atoms with Gasteiger partial charge in [0.25, 0.3) is 5.91 Å². The fourth-order valence-electron chi connectivity index (χ4n) is 3.01. The molecule has 0 spiro atoms. The summed E-state index contributed by atoms with van der Waals surface area (Å²) < 4.78 is 5.20. The molecule has 0 aromatic heterocycles. The minimum Gasteiger partial charge on any atom is -0.497 e. The highest BCUT2D eigenvalue weighted by Crippen LogP contribution is 2.20. The average molecular weight is 452 g/mol. The van der Waals surface area contributed by atoms with Gasteiger partial charge in [0.05, 0.1) is 15.9 Å². The minimum atomic E-state index is -0.895. The van der Waals surface area contributed by atoms with E-state index in [0.29, 0.717) is 22.7 Å². The van der Waals surface area contributed by atoms with Gasteiger partial charge in [0.2, 0.25) is 5.91 Å². The standard InChI is InChI=1S/C24H31N4O3Si/c1-16(14-15-25)26-17(2)23(29)28-22(18-6-10-20(31-3)11-7-18)24(30)27-19-8-12-21(13-9-19)32(4)5/h6-15,17,22H,25H2,1-5H3,(H,27,30)(H,28,29). The molecule has 0 bridgehead atoms. The topological polar surface area (TPSA) is 106 Å². The molecule has 32 heavy (non-hydrogen) atoms. The lowest BCUT2D eigenvalue weighted by molar-refractivity contribution is -0.127. The molecular weight excluding hydrogens is 420 g/mol. The number of aliphatic imine (C=N–C) groups is 1. The molecule has 2 unspecified atom stereocenters. The Bertz CT molecular complexity index is 970. The maximum atomic E-state index is 13.2. The lowest BCUT2D eigenvalue weighted by Gasteiger charge is -2.21. The number of rotatable bonds is 9. The number of ether oxygens (including phenoxy) is 1. The predicted molar refractivity (Wildman–Crippen MR) is 132 cm³/mol. The number of hydrogen-bond acceptors (Lipinski definition) is 5. The van der Waals surface area contributed by atoms with Crippen LogP contribution in [0.15, 0.2) is 65.8 Å². The maximum Gasteiger partial charge on any atom is 0.251 e. The van der Waals surface area contributed by atoms with Gasteiger partial charge in [-0.2, -0.15) is 0 Å². The molecule has 169 valence electrons. The third kappa shape index (κ3) is 7.09. The van der Waals surface area contributed by atoms with Gasteiger partial charge in [0, 0.05) is 11.4 Å². The molecule has 7 nitrogen and oxygen atoms in total. The number of amides is 2. The minimum absolute atomic E-state index is 0.343. The van der Waals surface area contributed by atoms with Gasteiger partial charge >= 0.3 is 0 Å². The van der Waals surface area contributed by atoms with Gasteiger partial charge in [0.15, 0.2) is 0 Å². The summed E-state index contributed by atoms with van der Waals surface area (Å²) in [6, 6.07) is 13.2. The molecule has 4 N–H and O–H groups in total. The molecule has 0 saturated carbocycles. The summed E-state index contributed by atoms with van der Waals surface area (Å²) in [7, 11) is 1.00.